The Kier molecular flexibility index (Phi) is 4.04. The van der Waals surface area contributed by atoms with E-state index < -0.39 is 0 Å². The largest absolute Gasteiger partial charge is 0.467 e. The molecule has 15 heavy (non-hydrogen) atoms. The van der Waals surface area contributed by atoms with Gasteiger partial charge in [0.25, 0.3) is 0 Å². The molecule has 0 spiro atoms. The van der Waals surface area contributed by atoms with E-state index in [-0.39, 0.29) is 18.0 Å². The van der Waals surface area contributed by atoms with Gasteiger partial charge in [-0.15, -0.1) is 0 Å². The van der Waals surface area contributed by atoms with Crippen molar-refractivity contribution in [2.45, 2.75) is 26.3 Å². The second kappa shape index (κ2) is 5.30. The number of nitrogens with zero attached hydrogens (tertiary/aromatic N) is 3. The van der Waals surface area contributed by atoms with E-state index in [1.807, 2.05) is 6.92 Å². The van der Waals surface area contributed by atoms with Crippen molar-refractivity contribution in [2.24, 2.45) is 5.84 Å². The molecule has 0 aliphatic rings. The first-order chi connectivity index (χ1) is 7.19. The van der Waals surface area contributed by atoms with Crippen molar-refractivity contribution in [2.75, 3.05) is 17.9 Å². The van der Waals surface area contributed by atoms with Crippen LogP contribution in [0.2, 0.25) is 0 Å². The normalized spacial score (nSPS) is 12.0. The summed E-state index contributed by atoms with van der Waals surface area (Å²) in [6.07, 6.45) is 0.972. The topological polar surface area (TPSA) is 98.0 Å². The number of hydrogen-bond donors (Lipinski definition) is 3. The van der Waals surface area contributed by atoms with Crippen molar-refractivity contribution < 1.29 is 4.74 Å². The summed E-state index contributed by atoms with van der Waals surface area (Å²) in [6, 6.07) is 0.506. The maximum atomic E-state index is 5.22. The lowest BCUT2D eigenvalue weighted by Crippen LogP contribution is -2.18. The van der Waals surface area contributed by atoms with Gasteiger partial charge in [0.1, 0.15) is 0 Å². The van der Waals surface area contributed by atoms with Crippen LogP contribution in [0, 0.1) is 0 Å². The number of ether oxygens (including phenoxy) is 1. The Morgan fingerprint density at radius 2 is 2.00 bits per heavy atom. The molecule has 1 unspecified atom stereocenters. The summed E-state index contributed by atoms with van der Waals surface area (Å²) in [5, 5.41) is 3.10. The molecule has 1 atom stereocenters. The Morgan fingerprint density at radius 3 is 2.53 bits per heavy atom. The number of nitrogens with one attached hydrogen (secondary N) is 2. The van der Waals surface area contributed by atoms with Crippen molar-refractivity contribution >= 4 is 11.9 Å². The zero-order chi connectivity index (χ0) is 11.3. The van der Waals surface area contributed by atoms with Crippen molar-refractivity contribution in [1.29, 1.82) is 0 Å². The van der Waals surface area contributed by atoms with Gasteiger partial charge in [-0.25, -0.2) is 5.84 Å². The lowest BCUT2D eigenvalue weighted by atomic mass is 10.3. The first-order valence-corrected chi connectivity index (χ1v) is 4.72. The van der Waals surface area contributed by atoms with Crippen LogP contribution in [0.25, 0.3) is 0 Å². The minimum Gasteiger partial charge on any atom is -0.467 e. The minimum absolute atomic E-state index is 0.226. The van der Waals surface area contributed by atoms with Crippen molar-refractivity contribution in [1.82, 2.24) is 15.0 Å². The van der Waals surface area contributed by atoms with Crippen LogP contribution in [0.15, 0.2) is 0 Å². The van der Waals surface area contributed by atoms with Gasteiger partial charge >= 0.3 is 6.01 Å². The summed E-state index contributed by atoms with van der Waals surface area (Å²) < 4.78 is 4.91. The minimum atomic E-state index is 0.226. The highest BCUT2D eigenvalue weighted by molar-refractivity contribution is 5.35. The molecular formula is C8H16N6O. The maximum Gasteiger partial charge on any atom is 0.322 e. The zero-order valence-electron chi connectivity index (χ0n) is 9.11. The number of nitrogen functional groups attached to an aromatic ring is 1. The van der Waals surface area contributed by atoms with Gasteiger partial charge in [-0.2, -0.15) is 15.0 Å². The summed E-state index contributed by atoms with van der Waals surface area (Å²) in [5.41, 5.74) is 2.35. The fraction of sp³-hybridized carbons (Fsp3) is 0.625. The molecule has 0 aliphatic heterocycles. The smallest absolute Gasteiger partial charge is 0.322 e. The number of nitrogens with two attached hydrogens (primary N) is 1. The molecule has 1 heterocycles. The standard InChI is InChI=1S/C8H16N6O/c1-4-5(2)10-6-11-7(14-9)13-8(12-6)15-3/h5H,4,9H2,1-3H3,(H2,10,11,12,13,14). The quantitative estimate of drug-likeness (QED) is 0.479. The van der Waals surface area contributed by atoms with Crippen molar-refractivity contribution in [3.8, 4) is 6.01 Å². The van der Waals surface area contributed by atoms with Crippen molar-refractivity contribution in [3.05, 3.63) is 0 Å². The number of anilines is 2. The maximum absolute atomic E-state index is 5.22. The molecule has 0 fully saturated rings. The molecule has 7 nitrogen and oxygen atoms in total. The van der Waals surface area contributed by atoms with Gasteiger partial charge in [0.2, 0.25) is 11.9 Å². The number of hydrazine groups is 1. The van der Waals surface area contributed by atoms with Gasteiger partial charge in [-0.3, -0.25) is 5.43 Å². The van der Waals surface area contributed by atoms with Crippen LogP contribution in [-0.4, -0.2) is 28.1 Å². The molecule has 1 aromatic rings. The van der Waals surface area contributed by atoms with Gasteiger partial charge in [-0.1, -0.05) is 6.92 Å². The molecule has 0 aromatic carbocycles. The van der Waals surface area contributed by atoms with E-state index in [1.165, 1.54) is 7.11 Å². The summed E-state index contributed by atoms with van der Waals surface area (Å²) in [4.78, 5) is 12.0. The Balaban J connectivity index is 2.86. The van der Waals surface area contributed by atoms with Crippen LogP contribution in [0.5, 0.6) is 6.01 Å². The summed E-state index contributed by atoms with van der Waals surface area (Å²) in [5.74, 6) is 5.94. The van der Waals surface area contributed by atoms with Gasteiger partial charge in [0.05, 0.1) is 7.11 Å². The fourth-order valence-corrected chi connectivity index (χ4v) is 0.899. The van der Waals surface area contributed by atoms with E-state index in [9.17, 15) is 0 Å². The molecule has 1 rings (SSSR count). The average molecular weight is 212 g/mol. The molecule has 0 aliphatic carbocycles. The van der Waals surface area contributed by atoms with E-state index in [1.54, 1.807) is 0 Å². The Labute approximate surface area is 88.4 Å². The number of rotatable bonds is 5. The molecule has 0 bridgehead atoms. The molecule has 4 N–H and O–H groups in total. The SMILES string of the molecule is CCC(C)Nc1nc(NN)nc(OC)n1. The van der Waals surface area contributed by atoms with Crippen LogP contribution < -0.4 is 21.3 Å². The fourth-order valence-electron chi connectivity index (χ4n) is 0.899. The Morgan fingerprint density at radius 1 is 1.33 bits per heavy atom. The molecule has 0 radical (unpaired) electrons. The van der Waals surface area contributed by atoms with Crippen LogP contribution in [0.1, 0.15) is 20.3 Å². The molecular weight excluding hydrogens is 196 g/mol. The lowest BCUT2D eigenvalue weighted by Gasteiger charge is -2.12. The second-order valence-corrected chi connectivity index (χ2v) is 3.07. The zero-order valence-corrected chi connectivity index (χ0v) is 9.11. The predicted molar refractivity (Wildman–Crippen MR) is 57.6 cm³/mol. The lowest BCUT2D eigenvalue weighted by molar-refractivity contribution is 0.379. The van der Waals surface area contributed by atoms with Gasteiger partial charge in [0.15, 0.2) is 0 Å². The van der Waals surface area contributed by atoms with Crippen molar-refractivity contribution in [3.63, 3.8) is 0 Å². The van der Waals surface area contributed by atoms with Gasteiger partial charge < -0.3 is 10.1 Å². The monoisotopic (exact) mass is 212 g/mol. The second-order valence-electron chi connectivity index (χ2n) is 3.07. The number of hydrogen-bond acceptors (Lipinski definition) is 7. The first kappa shape index (κ1) is 11.4. The van der Waals surface area contributed by atoms with E-state index in [0.717, 1.165) is 6.42 Å². The van der Waals surface area contributed by atoms with Crippen LogP contribution in [0.3, 0.4) is 0 Å². The molecule has 84 valence electrons. The first-order valence-electron chi connectivity index (χ1n) is 4.72. The highest BCUT2D eigenvalue weighted by Crippen LogP contribution is 2.11. The van der Waals surface area contributed by atoms with E-state index in [2.05, 4.69) is 32.6 Å². The van der Waals surface area contributed by atoms with Crippen LogP contribution in [0.4, 0.5) is 11.9 Å². The van der Waals surface area contributed by atoms with Crippen LogP contribution >= 0.6 is 0 Å². The van der Waals surface area contributed by atoms with E-state index >= 15 is 0 Å². The molecule has 7 heteroatoms. The molecule has 0 saturated carbocycles. The molecule has 1 aromatic heterocycles. The van der Waals surface area contributed by atoms with Gasteiger partial charge in [-0.05, 0) is 13.3 Å². The third kappa shape index (κ3) is 3.21. The highest BCUT2D eigenvalue weighted by atomic mass is 16.5. The Bertz CT molecular complexity index is 296. The van der Waals surface area contributed by atoms with Crippen LogP contribution in [-0.2, 0) is 0 Å². The highest BCUT2D eigenvalue weighted by Gasteiger charge is 2.07. The number of aromatic nitrogens is 3. The van der Waals surface area contributed by atoms with E-state index in [0.29, 0.717) is 5.95 Å². The third-order valence-electron chi connectivity index (χ3n) is 1.91. The summed E-state index contributed by atoms with van der Waals surface area (Å²) >= 11 is 0. The number of methoxy groups -OCH3 is 1. The third-order valence-corrected chi connectivity index (χ3v) is 1.91. The molecule has 0 saturated heterocycles. The predicted octanol–water partition coefficient (Wildman–Crippen LogP) is 0.376. The molecule has 0 amide bonds. The average Bonchev–Trinajstić information content (AvgIpc) is 2.28. The summed E-state index contributed by atoms with van der Waals surface area (Å²) in [6.45, 7) is 4.10. The Hall–Kier alpha value is -1.63. The summed E-state index contributed by atoms with van der Waals surface area (Å²) in [7, 11) is 1.49. The van der Waals surface area contributed by atoms with E-state index in [4.69, 9.17) is 10.6 Å². The van der Waals surface area contributed by atoms with Gasteiger partial charge in [0, 0.05) is 6.04 Å².